The second kappa shape index (κ2) is 5.58. The van der Waals surface area contributed by atoms with E-state index in [9.17, 15) is 4.79 Å². The van der Waals surface area contributed by atoms with Crippen molar-refractivity contribution in [2.75, 3.05) is 33.2 Å². The van der Waals surface area contributed by atoms with Crippen molar-refractivity contribution in [3.8, 4) is 5.88 Å². The standard InChI is InChI=1S/C14H18ClN3O2/c1-17-9-11(3-6-18-4-2-5-18)20-13-12(14(17)19)7-10(15)8-16-13/h7-8,11H,2-6,9H2,1H3. The van der Waals surface area contributed by atoms with E-state index >= 15 is 0 Å². The second-order valence-corrected chi connectivity index (χ2v) is 5.85. The van der Waals surface area contributed by atoms with E-state index < -0.39 is 0 Å². The number of hydrogen-bond donors (Lipinski definition) is 0. The van der Waals surface area contributed by atoms with Gasteiger partial charge in [0.1, 0.15) is 11.7 Å². The monoisotopic (exact) mass is 295 g/mol. The quantitative estimate of drug-likeness (QED) is 0.851. The molecular weight excluding hydrogens is 278 g/mol. The fraction of sp³-hybridized carbons (Fsp3) is 0.571. The number of amides is 1. The molecule has 0 spiro atoms. The number of halogens is 1. The van der Waals surface area contributed by atoms with Crippen molar-refractivity contribution in [2.24, 2.45) is 0 Å². The summed E-state index contributed by atoms with van der Waals surface area (Å²) >= 11 is 5.91. The predicted molar refractivity (Wildman–Crippen MR) is 76.3 cm³/mol. The molecule has 1 amide bonds. The van der Waals surface area contributed by atoms with Gasteiger partial charge in [-0.2, -0.15) is 0 Å². The third-order valence-electron chi connectivity index (χ3n) is 3.87. The van der Waals surface area contributed by atoms with Crippen LogP contribution in [0.2, 0.25) is 5.02 Å². The summed E-state index contributed by atoms with van der Waals surface area (Å²) in [7, 11) is 1.79. The SMILES string of the molecule is CN1CC(CCN2CCC2)Oc2ncc(Cl)cc2C1=O. The minimum absolute atomic E-state index is 0.0144. The molecule has 6 heteroatoms. The fourth-order valence-electron chi connectivity index (χ4n) is 2.55. The van der Waals surface area contributed by atoms with Crippen LogP contribution in [0.1, 0.15) is 23.2 Å². The number of carbonyl (C=O) groups is 1. The van der Waals surface area contributed by atoms with Crippen LogP contribution in [0.25, 0.3) is 0 Å². The van der Waals surface area contributed by atoms with Crippen LogP contribution in [-0.4, -0.2) is 60.0 Å². The number of pyridine rings is 1. The van der Waals surface area contributed by atoms with Crippen LogP contribution in [0.3, 0.4) is 0 Å². The Labute approximate surface area is 123 Å². The minimum Gasteiger partial charge on any atom is -0.472 e. The lowest BCUT2D eigenvalue weighted by atomic mass is 10.1. The van der Waals surface area contributed by atoms with Crippen molar-refractivity contribution in [2.45, 2.75) is 18.9 Å². The molecule has 0 saturated carbocycles. The van der Waals surface area contributed by atoms with Gasteiger partial charge in [0.25, 0.3) is 5.91 Å². The van der Waals surface area contributed by atoms with Gasteiger partial charge in [-0.15, -0.1) is 0 Å². The summed E-state index contributed by atoms with van der Waals surface area (Å²) in [6.07, 6.45) is 3.69. The molecule has 2 aliphatic heterocycles. The van der Waals surface area contributed by atoms with Crippen LogP contribution >= 0.6 is 11.6 Å². The fourth-order valence-corrected chi connectivity index (χ4v) is 2.70. The number of rotatable bonds is 3. The van der Waals surface area contributed by atoms with Gasteiger partial charge in [0.05, 0.1) is 11.6 Å². The Hall–Kier alpha value is -1.33. The number of likely N-dealkylation sites (tertiary alicyclic amines) is 1. The molecule has 1 aromatic rings. The van der Waals surface area contributed by atoms with Gasteiger partial charge in [-0.05, 0) is 32.0 Å². The van der Waals surface area contributed by atoms with E-state index in [1.165, 1.54) is 25.7 Å². The third kappa shape index (κ3) is 2.74. The molecule has 5 nitrogen and oxygen atoms in total. The van der Waals surface area contributed by atoms with E-state index in [1.54, 1.807) is 18.0 Å². The number of ether oxygens (including phenoxy) is 1. The van der Waals surface area contributed by atoms with Crippen molar-refractivity contribution in [3.05, 3.63) is 22.8 Å². The maximum Gasteiger partial charge on any atom is 0.259 e. The van der Waals surface area contributed by atoms with Crippen LogP contribution in [0.5, 0.6) is 5.88 Å². The number of carbonyl (C=O) groups excluding carboxylic acids is 1. The van der Waals surface area contributed by atoms with Crippen LogP contribution in [-0.2, 0) is 0 Å². The first-order chi connectivity index (χ1) is 9.63. The van der Waals surface area contributed by atoms with Gasteiger partial charge >= 0.3 is 0 Å². The highest BCUT2D eigenvalue weighted by Crippen LogP contribution is 2.26. The number of likely N-dealkylation sites (N-methyl/N-ethyl adjacent to an activating group) is 1. The zero-order chi connectivity index (χ0) is 14.1. The molecule has 1 aromatic heterocycles. The topological polar surface area (TPSA) is 45.7 Å². The van der Waals surface area contributed by atoms with Crippen molar-refractivity contribution < 1.29 is 9.53 Å². The molecule has 0 aliphatic carbocycles. The number of nitrogens with zero attached hydrogens (tertiary/aromatic N) is 3. The zero-order valence-corrected chi connectivity index (χ0v) is 12.3. The second-order valence-electron chi connectivity index (χ2n) is 5.42. The number of fused-ring (bicyclic) bond motifs is 1. The highest BCUT2D eigenvalue weighted by atomic mass is 35.5. The lowest BCUT2D eigenvalue weighted by Crippen LogP contribution is -2.41. The van der Waals surface area contributed by atoms with Crippen LogP contribution in [0.15, 0.2) is 12.3 Å². The van der Waals surface area contributed by atoms with Gasteiger partial charge in [0.2, 0.25) is 5.88 Å². The van der Waals surface area contributed by atoms with Crippen molar-refractivity contribution in [1.29, 1.82) is 0 Å². The van der Waals surface area contributed by atoms with Crippen LogP contribution < -0.4 is 4.74 Å². The molecule has 108 valence electrons. The first-order valence-electron chi connectivity index (χ1n) is 6.93. The van der Waals surface area contributed by atoms with Crippen molar-refractivity contribution in [3.63, 3.8) is 0 Å². The van der Waals surface area contributed by atoms with Crippen molar-refractivity contribution >= 4 is 17.5 Å². The van der Waals surface area contributed by atoms with E-state index in [2.05, 4.69) is 9.88 Å². The summed E-state index contributed by atoms with van der Waals surface area (Å²) in [5.74, 6) is 0.318. The summed E-state index contributed by atoms with van der Waals surface area (Å²) in [6.45, 7) is 3.94. The van der Waals surface area contributed by atoms with Gasteiger partial charge in [-0.1, -0.05) is 11.6 Å². The van der Waals surface area contributed by atoms with Gasteiger partial charge in [0, 0.05) is 19.8 Å². The number of aromatic nitrogens is 1. The van der Waals surface area contributed by atoms with E-state index in [-0.39, 0.29) is 12.0 Å². The Balaban J connectivity index is 1.75. The molecule has 3 rings (SSSR count). The molecule has 1 atom stereocenters. The van der Waals surface area contributed by atoms with E-state index in [0.29, 0.717) is 23.0 Å². The molecule has 0 aromatic carbocycles. The highest BCUT2D eigenvalue weighted by Gasteiger charge is 2.28. The molecule has 1 unspecified atom stereocenters. The summed E-state index contributed by atoms with van der Waals surface area (Å²) in [5.41, 5.74) is 0.450. The minimum atomic E-state index is -0.0820. The maximum absolute atomic E-state index is 12.3. The smallest absolute Gasteiger partial charge is 0.259 e. The van der Waals surface area contributed by atoms with E-state index in [1.807, 2.05) is 0 Å². The van der Waals surface area contributed by atoms with Crippen molar-refractivity contribution in [1.82, 2.24) is 14.8 Å². The van der Waals surface area contributed by atoms with Gasteiger partial charge in [-0.3, -0.25) is 4.79 Å². The molecular formula is C14H18ClN3O2. The molecule has 1 saturated heterocycles. The van der Waals surface area contributed by atoms with E-state index in [4.69, 9.17) is 16.3 Å². The van der Waals surface area contributed by atoms with Crippen LogP contribution in [0.4, 0.5) is 0 Å². The Bertz CT molecular complexity index is 519. The lowest BCUT2D eigenvalue weighted by Gasteiger charge is -2.32. The Morgan fingerprint density at radius 3 is 3.00 bits per heavy atom. The Morgan fingerprint density at radius 1 is 1.50 bits per heavy atom. The molecule has 0 radical (unpaired) electrons. The maximum atomic E-state index is 12.3. The molecule has 0 bridgehead atoms. The zero-order valence-electron chi connectivity index (χ0n) is 11.5. The summed E-state index contributed by atoms with van der Waals surface area (Å²) in [6, 6.07) is 1.63. The normalized spacial score (nSPS) is 22.8. The molecule has 3 heterocycles. The predicted octanol–water partition coefficient (Wildman–Crippen LogP) is 1.66. The molecule has 2 aliphatic rings. The summed E-state index contributed by atoms with van der Waals surface area (Å²) in [4.78, 5) is 20.5. The summed E-state index contributed by atoms with van der Waals surface area (Å²) in [5, 5.41) is 0.452. The van der Waals surface area contributed by atoms with Gasteiger partial charge in [-0.25, -0.2) is 4.98 Å². The highest BCUT2D eigenvalue weighted by molar-refractivity contribution is 6.30. The average Bonchev–Trinajstić information content (AvgIpc) is 2.47. The first-order valence-corrected chi connectivity index (χ1v) is 7.31. The summed E-state index contributed by atoms with van der Waals surface area (Å²) < 4.78 is 5.91. The molecule has 1 fully saturated rings. The third-order valence-corrected chi connectivity index (χ3v) is 4.07. The lowest BCUT2D eigenvalue weighted by molar-refractivity contribution is 0.0729. The Kier molecular flexibility index (Phi) is 3.81. The van der Waals surface area contributed by atoms with E-state index in [0.717, 1.165) is 13.0 Å². The number of hydrogen-bond acceptors (Lipinski definition) is 4. The van der Waals surface area contributed by atoms with Gasteiger partial charge in [0.15, 0.2) is 0 Å². The largest absolute Gasteiger partial charge is 0.472 e. The Morgan fingerprint density at radius 2 is 2.30 bits per heavy atom. The first kappa shape index (κ1) is 13.6. The van der Waals surface area contributed by atoms with Gasteiger partial charge < -0.3 is 14.5 Å². The molecule has 20 heavy (non-hydrogen) atoms. The average molecular weight is 296 g/mol. The van der Waals surface area contributed by atoms with Crippen LogP contribution in [0, 0.1) is 0 Å². The molecule has 0 N–H and O–H groups in total.